The summed E-state index contributed by atoms with van der Waals surface area (Å²) in [6.07, 6.45) is 4.95. The Labute approximate surface area is 110 Å². The summed E-state index contributed by atoms with van der Waals surface area (Å²) in [5, 5.41) is 0.652. The van der Waals surface area contributed by atoms with Crippen molar-refractivity contribution in [2.75, 3.05) is 5.75 Å². The van der Waals surface area contributed by atoms with Crippen LogP contribution in [-0.2, 0) is 6.42 Å². The second-order valence-electron chi connectivity index (χ2n) is 4.09. The van der Waals surface area contributed by atoms with Gasteiger partial charge in [-0.05, 0) is 37.1 Å². The minimum atomic E-state index is 0.375. The highest BCUT2D eigenvalue weighted by molar-refractivity contribution is 8.00. The first-order valence-electron chi connectivity index (χ1n) is 5.61. The van der Waals surface area contributed by atoms with Crippen molar-refractivity contribution in [2.24, 2.45) is 5.84 Å². The number of nitrogens with two attached hydrogens (primary N) is 1. The Morgan fingerprint density at radius 1 is 1.50 bits per heavy atom. The number of halogens is 1. The summed E-state index contributed by atoms with van der Waals surface area (Å²) in [7, 11) is 0. The smallest absolute Gasteiger partial charge is 0.0931 e. The van der Waals surface area contributed by atoms with Crippen LogP contribution in [0.4, 0.5) is 0 Å². The summed E-state index contributed by atoms with van der Waals surface area (Å²) >= 11 is 9.64. The quantitative estimate of drug-likeness (QED) is 0.656. The SMILES string of the molecule is NNC(Cc1ccc(Cl)s1)C1CCCCS1. The second-order valence-corrected chi connectivity index (χ2v) is 7.23. The van der Waals surface area contributed by atoms with E-state index in [9.17, 15) is 0 Å². The molecule has 16 heavy (non-hydrogen) atoms. The van der Waals surface area contributed by atoms with Crippen LogP contribution in [0.1, 0.15) is 24.1 Å². The average Bonchev–Trinajstić information content (AvgIpc) is 2.73. The van der Waals surface area contributed by atoms with Crippen LogP contribution in [0.15, 0.2) is 12.1 Å². The van der Waals surface area contributed by atoms with Crippen LogP contribution in [0.25, 0.3) is 0 Å². The van der Waals surface area contributed by atoms with Gasteiger partial charge in [0.2, 0.25) is 0 Å². The second kappa shape index (κ2) is 6.26. The molecule has 0 spiro atoms. The van der Waals surface area contributed by atoms with Crippen LogP contribution in [-0.4, -0.2) is 17.0 Å². The Kier molecular flexibility index (Phi) is 4.97. The molecule has 90 valence electrons. The van der Waals surface area contributed by atoms with Crippen LogP contribution >= 0.6 is 34.7 Å². The minimum absolute atomic E-state index is 0.375. The van der Waals surface area contributed by atoms with E-state index in [4.69, 9.17) is 17.4 Å². The lowest BCUT2D eigenvalue weighted by Gasteiger charge is -2.29. The highest BCUT2D eigenvalue weighted by atomic mass is 35.5. The largest absolute Gasteiger partial charge is 0.271 e. The lowest BCUT2D eigenvalue weighted by atomic mass is 10.0. The van der Waals surface area contributed by atoms with Crippen molar-refractivity contribution in [1.29, 1.82) is 0 Å². The van der Waals surface area contributed by atoms with Gasteiger partial charge in [-0.25, -0.2) is 0 Å². The van der Waals surface area contributed by atoms with Gasteiger partial charge in [0.25, 0.3) is 0 Å². The monoisotopic (exact) mass is 276 g/mol. The summed E-state index contributed by atoms with van der Waals surface area (Å²) in [5.41, 5.74) is 2.97. The third-order valence-corrected chi connectivity index (χ3v) is 5.70. The zero-order valence-corrected chi connectivity index (χ0v) is 11.5. The average molecular weight is 277 g/mol. The molecule has 1 aliphatic heterocycles. The molecule has 2 atom stereocenters. The van der Waals surface area contributed by atoms with Gasteiger partial charge >= 0.3 is 0 Å². The molecule has 1 aliphatic rings. The lowest BCUT2D eigenvalue weighted by Crippen LogP contribution is -2.44. The Morgan fingerprint density at radius 3 is 2.94 bits per heavy atom. The van der Waals surface area contributed by atoms with E-state index in [0.29, 0.717) is 11.3 Å². The molecule has 2 rings (SSSR count). The lowest BCUT2D eigenvalue weighted by molar-refractivity contribution is 0.474. The first-order valence-corrected chi connectivity index (χ1v) is 7.86. The number of hydrazine groups is 1. The van der Waals surface area contributed by atoms with Crippen LogP contribution in [0.3, 0.4) is 0 Å². The molecule has 0 aromatic carbocycles. The highest BCUT2D eigenvalue weighted by Gasteiger charge is 2.23. The molecule has 2 unspecified atom stereocenters. The number of thioether (sulfide) groups is 1. The van der Waals surface area contributed by atoms with Gasteiger partial charge in [-0.15, -0.1) is 11.3 Å². The third-order valence-electron chi connectivity index (χ3n) is 2.93. The Hall–Kier alpha value is 0.260. The normalized spacial score (nSPS) is 23.2. The fourth-order valence-corrected chi connectivity index (χ4v) is 4.62. The Balaban J connectivity index is 1.94. The standard InChI is InChI=1S/C11H17ClN2S2/c12-11-5-4-8(16-11)7-9(14-13)10-3-1-2-6-15-10/h4-5,9-10,14H,1-3,6-7,13H2. The van der Waals surface area contributed by atoms with Gasteiger partial charge in [0.15, 0.2) is 0 Å². The summed E-state index contributed by atoms with van der Waals surface area (Å²) in [5.74, 6) is 6.94. The van der Waals surface area contributed by atoms with Gasteiger partial charge in [-0.1, -0.05) is 18.0 Å². The van der Waals surface area contributed by atoms with Crippen molar-refractivity contribution in [2.45, 2.75) is 37.0 Å². The molecule has 1 aromatic rings. The van der Waals surface area contributed by atoms with E-state index in [-0.39, 0.29) is 0 Å². The zero-order chi connectivity index (χ0) is 11.4. The van der Waals surface area contributed by atoms with E-state index in [2.05, 4.69) is 23.3 Å². The van der Waals surface area contributed by atoms with Crippen LogP contribution in [0.2, 0.25) is 4.34 Å². The summed E-state index contributed by atoms with van der Waals surface area (Å²) in [4.78, 5) is 1.32. The number of rotatable bonds is 4. The van der Waals surface area contributed by atoms with Crippen molar-refractivity contribution in [3.8, 4) is 0 Å². The molecule has 1 fully saturated rings. The molecular weight excluding hydrogens is 260 g/mol. The number of hydrogen-bond acceptors (Lipinski definition) is 4. The fourth-order valence-electron chi connectivity index (χ4n) is 2.06. The summed E-state index contributed by atoms with van der Waals surface area (Å²) in [6.45, 7) is 0. The van der Waals surface area contributed by atoms with E-state index < -0.39 is 0 Å². The van der Waals surface area contributed by atoms with E-state index >= 15 is 0 Å². The van der Waals surface area contributed by atoms with Crippen molar-refractivity contribution in [1.82, 2.24) is 5.43 Å². The van der Waals surface area contributed by atoms with E-state index in [1.807, 2.05) is 6.07 Å². The maximum Gasteiger partial charge on any atom is 0.0931 e. The van der Waals surface area contributed by atoms with Gasteiger partial charge in [0.1, 0.15) is 0 Å². The van der Waals surface area contributed by atoms with Crippen molar-refractivity contribution < 1.29 is 0 Å². The molecule has 0 amide bonds. The molecular formula is C11H17ClN2S2. The van der Waals surface area contributed by atoms with Gasteiger partial charge in [-0.2, -0.15) is 11.8 Å². The number of thiophene rings is 1. The van der Waals surface area contributed by atoms with Crippen LogP contribution in [0, 0.1) is 0 Å². The Morgan fingerprint density at radius 2 is 2.38 bits per heavy atom. The summed E-state index contributed by atoms with van der Waals surface area (Å²) in [6, 6.07) is 4.44. The Bertz CT molecular complexity index is 324. The fraction of sp³-hybridized carbons (Fsp3) is 0.636. The van der Waals surface area contributed by atoms with Crippen molar-refractivity contribution in [3.05, 3.63) is 21.3 Å². The molecule has 0 aliphatic carbocycles. The van der Waals surface area contributed by atoms with Gasteiger partial charge in [0.05, 0.1) is 4.34 Å². The molecule has 1 saturated heterocycles. The van der Waals surface area contributed by atoms with Crippen LogP contribution < -0.4 is 11.3 Å². The first-order chi connectivity index (χ1) is 7.79. The number of hydrogen-bond donors (Lipinski definition) is 2. The molecule has 2 heterocycles. The van der Waals surface area contributed by atoms with Crippen molar-refractivity contribution in [3.63, 3.8) is 0 Å². The molecule has 0 saturated carbocycles. The van der Waals surface area contributed by atoms with Gasteiger partial charge in [0, 0.05) is 16.2 Å². The molecule has 1 aromatic heterocycles. The first kappa shape index (κ1) is 12.7. The van der Waals surface area contributed by atoms with Crippen molar-refractivity contribution >= 4 is 34.7 Å². The van der Waals surface area contributed by atoms with Crippen LogP contribution in [0.5, 0.6) is 0 Å². The maximum atomic E-state index is 5.93. The maximum absolute atomic E-state index is 5.93. The van der Waals surface area contributed by atoms with E-state index in [1.165, 1.54) is 29.9 Å². The topological polar surface area (TPSA) is 38.0 Å². The highest BCUT2D eigenvalue weighted by Crippen LogP contribution is 2.30. The minimum Gasteiger partial charge on any atom is -0.271 e. The predicted molar refractivity (Wildman–Crippen MR) is 74.2 cm³/mol. The number of nitrogens with one attached hydrogen (secondary N) is 1. The molecule has 5 heteroatoms. The van der Waals surface area contributed by atoms with Gasteiger partial charge < -0.3 is 0 Å². The molecule has 3 N–H and O–H groups in total. The molecule has 0 bridgehead atoms. The predicted octanol–water partition coefficient (Wildman–Crippen LogP) is 3.06. The van der Waals surface area contributed by atoms with Gasteiger partial charge in [-0.3, -0.25) is 11.3 Å². The molecule has 0 radical (unpaired) electrons. The zero-order valence-electron chi connectivity index (χ0n) is 9.12. The summed E-state index contributed by atoms with van der Waals surface area (Å²) < 4.78 is 0.863. The molecule has 2 nitrogen and oxygen atoms in total. The third kappa shape index (κ3) is 3.37. The van der Waals surface area contributed by atoms with E-state index in [0.717, 1.165) is 10.8 Å². The van der Waals surface area contributed by atoms with E-state index in [1.54, 1.807) is 11.3 Å².